The van der Waals surface area contributed by atoms with E-state index < -0.39 is 0 Å². The predicted molar refractivity (Wildman–Crippen MR) is 33.5 cm³/mol. The molecule has 0 spiro atoms. The molecule has 0 amide bonds. The number of rotatable bonds is 2. The fraction of sp³-hybridized carbons (Fsp3) is 0.167. The summed E-state index contributed by atoms with van der Waals surface area (Å²) in [6, 6.07) is 0. The van der Waals surface area contributed by atoms with Crippen molar-refractivity contribution in [2.24, 2.45) is 4.99 Å². The lowest BCUT2D eigenvalue weighted by Gasteiger charge is -1.80. The highest BCUT2D eigenvalue weighted by molar-refractivity contribution is 5.29. The van der Waals surface area contributed by atoms with Gasteiger partial charge in [0.15, 0.2) is 0 Å². The van der Waals surface area contributed by atoms with Crippen molar-refractivity contribution < 1.29 is 0 Å². The summed E-state index contributed by atoms with van der Waals surface area (Å²) < 4.78 is 0. The zero-order chi connectivity index (χ0) is 5.70. The molecular weight excluding hydrogens is 86.1 g/mol. The first-order valence-corrected chi connectivity index (χ1v) is 2.07. The molecule has 0 aliphatic carbocycles. The first-order chi connectivity index (χ1) is 3.31. The van der Waals surface area contributed by atoms with Gasteiger partial charge in [0.1, 0.15) is 0 Å². The zero-order valence-corrected chi connectivity index (χ0v) is 4.52. The van der Waals surface area contributed by atoms with Crippen LogP contribution in [0.2, 0.25) is 0 Å². The summed E-state index contributed by atoms with van der Waals surface area (Å²) >= 11 is 0. The summed E-state index contributed by atoms with van der Waals surface area (Å²) in [6.07, 6.45) is 3.48. The minimum atomic E-state index is 0.898. The van der Waals surface area contributed by atoms with Gasteiger partial charge in [0.2, 0.25) is 0 Å². The highest BCUT2D eigenvalue weighted by Gasteiger charge is 1.69. The van der Waals surface area contributed by atoms with E-state index >= 15 is 0 Å². The van der Waals surface area contributed by atoms with E-state index in [0.29, 0.717) is 0 Å². The first-order valence-electron chi connectivity index (χ1n) is 2.07. The Balaban J connectivity index is 3.72. The zero-order valence-electron chi connectivity index (χ0n) is 4.52. The molecule has 1 heteroatoms. The van der Waals surface area contributed by atoms with Gasteiger partial charge in [0, 0.05) is 5.70 Å². The maximum Gasteiger partial charge on any atom is 0.0365 e. The van der Waals surface area contributed by atoms with Crippen molar-refractivity contribution in [3.8, 4) is 0 Å². The number of aliphatic imine (C=N–C) groups is 1. The van der Waals surface area contributed by atoms with Crippen LogP contribution in [0.25, 0.3) is 0 Å². The number of hydrogen-bond donors (Lipinski definition) is 0. The molecule has 0 N–H and O–H groups in total. The quantitative estimate of drug-likeness (QED) is 0.366. The molecule has 0 heterocycles. The molecule has 0 rings (SSSR count). The first kappa shape index (κ1) is 6.15. The lowest BCUT2D eigenvalue weighted by molar-refractivity contribution is 1.33. The maximum atomic E-state index is 3.62. The Morgan fingerprint density at radius 1 is 1.71 bits per heavy atom. The Hall–Kier alpha value is -0.850. The van der Waals surface area contributed by atoms with Crippen molar-refractivity contribution in [2.45, 2.75) is 6.92 Å². The molecule has 38 valence electrons. The molecule has 0 atom stereocenters. The van der Waals surface area contributed by atoms with Crippen LogP contribution in [0, 0.1) is 0 Å². The molecule has 0 aromatic rings. The predicted octanol–water partition coefficient (Wildman–Crippen LogP) is 1.78. The standard InChI is InChI=1S/C6H9N/c1-4-5-6(2)7-3/h4-5H,1,3H2,2H3/b6-5+. The fourth-order valence-corrected chi connectivity index (χ4v) is 0.223. The van der Waals surface area contributed by atoms with Crippen LogP contribution in [0.1, 0.15) is 6.92 Å². The third kappa shape index (κ3) is 2.97. The smallest absolute Gasteiger partial charge is 0.0365 e. The maximum absolute atomic E-state index is 3.62. The molecular formula is C6H9N. The van der Waals surface area contributed by atoms with Crippen molar-refractivity contribution in [3.63, 3.8) is 0 Å². The topological polar surface area (TPSA) is 12.4 Å². The molecule has 0 bridgehead atoms. The van der Waals surface area contributed by atoms with Gasteiger partial charge in [0.05, 0.1) is 0 Å². The summed E-state index contributed by atoms with van der Waals surface area (Å²) in [4.78, 5) is 3.62. The molecule has 0 aliphatic rings. The van der Waals surface area contributed by atoms with Crippen LogP contribution < -0.4 is 0 Å². The van der Waals surface area contributed by atoms with Crippen LogP contribution in [0.3, 0.4) is 0 Å². The molecule has 0 aromatic carbocycles. The van der Waals surface area contributed by atoms with Crippen LogP contribution in [0.15, 0.2) is 29.4 Å². The van der Waals surface area contributed by atoms with Gasteiger partial charge >= 0.3 is 0 Å². The van der Waals surface area contributed by atoms with E-state index in [9.17, 15) is 0 Å². The molecule has 0 radical (unpaired) electrons. The molecule has 1 nitrogen and oxygen atoms in total. The van der Waals surface area contributed by atoms with Crippen LogP contribution in [0.4, 0.5) is 0 Å². The fourth-order valence-electron chi connectivity index (χ4n) is 0.223. The Labute approximate surface area is 44.1 Å². The van der Waals surface area contributed by atoms with Crippen molar-refractivity contribution in [1.29, 1.82) is 0 Å². The third-order valence-electron chi connectivity index (χ3n) is 0.608. The molecule has 7 heavy (non-hydrogen) atoms. The highest BCUT2D eigenvalue weighted by Crippen LogP contribution is 1.89. The van der Waals surface area contributed by atoms with Crippen LogP contribution >= 0.6 is 0 Å². The molecule has 0 aromatic heterocycles. The summed E-state index contributed by atoms with van der Waals surface area (Å²) in [5, 5.41) is 0. The van der Waals surface area contributed by atoms with Crippen LogP contribution in [0.5, 0.6) is 0 Å². The van der Waals surface area contributed by atoms with Gasteiger partial charge in [-0.15, -0.1) is 0 Å². The van der Waals surface area contributed by atoms with E-state index in [1.165, 1.54) is 0 Å². The van der Waals surface area contributed by atoms with Gasteiger partial charge < -0.3 is 0 Å². The Bertz CT molecular complexity index is 101. The molecule has 0 saturated heterocycles. The summed E-state index contributed by atoms with van der Waals surface area (Å²) in [5.74, 6) is 0. The van der Waals surface area contributed by atoms with Crippen molar-refractivity contribution in [3.05, 3.63) is 24.4 Å². The lowest BCUT2D eigenvalue weighted by Crippen LogP contribution is -1.60. The van der Waals surface area contributed by atoms with Gasteiger partial charge in [0.25, 0.3) is 0 Å². The molecule has 0 fully saturated rings. The average molecular weight is 95.1 g/mol. The summed E-state index contributed by atoms with van der Waals surface area (Å²) in [6.45, 7) is 8.67. The molecule has 0 saturated carbocycles. The summed E-state index contributed by atoms with van der Waals surface area (Å²) in [5.41, 5.74) is 0.898. The van der Waals surface area contributed by atoms with E-state index in [-0.39, 0.29) is 0 Å². The van der Waals surface area contributed by atoms with Crippen LogP contribution in [-0.4, -0.2) is 6.72 Å². The van der Waals surface area contributed by atoms with Crippen molar-refractivity contribution in [2.75, 3.05) is 0 Å². The largest absolute Gasteiger partial charge is 0.269 e. The second-order valence-corrected chi connectivity index (χ2v) is 1.20. The normalized spacial score (nSPS) is 10.7. The molecule has 0 unspecified atom stereocenters. The Kier molecular flexibility index (Phi) is 2.94. The van der Waals surface area contributed by atoms with Crippen LogP contribution in [-0.2, 0) is 0 Å². The van der Waals surface area contributed by atoms with Gasteiger partial charge in [-0.25, -0.2) is 0 Å². The van der Waals surface area contributed by atoms with E-state index in [1.54, 1.807) is 12.2 Å². The number of nitrogens with zero attached hydrogens (tertiary/aromatic N) is 1. The van der Waals surface area contributed by atoms with Crippen molar-refractivity contribution in [1.82, 2.24) is 0 Å². The summed E-state index contributed by atoms with van der Waals surface area (Å²) in [7, 11) is 0. The lowest BCUT2D eigenvalue weighted by atomic mass is 10.4. The van der Waals surface area contributed by atoms with Crippen molar-refractivity contribution >= 4 is 6.72 Å². The highest BCUT2D eigenvalue weighted by atomic mass is 14.7. The minimum absolute atomic E-state index is 0.898. The SMILES string of the molecule is C=C/C=C(\C)N=C. The van der Waals surface area contributed by atoms with Gasteiger partial charge in [-0.1, -0.05) is 12.7 Å². The van der Waals surface area contributed by atoms with Gasteiger partial charge in [-0.3, -0.25) is 4.99 Å². The van der Waals surface area contributed by atoms with Gasteiger partial charge in [-0.2, -0.15) is 0 Å². The minimum Gasteiger partial charge on any atom is -0.269 e. The third-order valence-corrected chi connectivity index (χ3v) is 0.608. The van der Waals surface area contributed by atoms with E-state index in [0.717, 1.165) is 5.70 Å². The van der Waals surface area contributed by atoms with E-state index in [4.69, 9.17) is 0 Å². The monoisotopic (exact) mass is 95.1 g/mol. The Morgan fingerprint density at radius 3 is 2.43 bits per heavy atom. The second-order valence-electron chi connectivity index (χ2n) is 1.20. The van der Waals surface area contributed by atoms with Gasteiger partial charge in [-0.05, 0) is 19.7 Å². The average Bonchev–Trinajstić information content (AvgIpc) is 1.68. The van der Waals surface area contributed by atoms with E-state index in [2.05, 4.69) is 18.3 Å². The van der Waals surface area contributed by atoms with E-state index in [1.807, 2.05) is 6.92 Å². The number of hydrogen-bond acceptors (Lipinski definition) is 1. The number of allylic oxidation sites excluding steroid dienone is 3. The molecule has 0 aliphatic heterocycles. The second kappa shape index (κ2) is 3.34. The Morgan fingerprint density at radius 2 is 2.29 bits per heavy atom.